The SMILES string of the molecule is CC(C)NC(=O)N[C@H]1C[C@H]2CN(Cc3ccnn3C)[C@@H](CNC(=O)C3CC3)C(=O)N2C1. The molecule has 1 aromatic rings. The molecule has 0 radical (unpaired) electrons. The van der Waals surface area contributed by atoms with Crippen LogP contribution in [-0.4, -0.2) is 81.2 Å². The molecule has 0 spiro atoms. The molecule has 3 fully saturated rings. The van der Waals surface area contributed by atoms with Gasteiger partial charge in [-0.2, -0.15) is 5.10 Å². The maximum Gasteiger partial charge on any atom is 0.315 e. The van der Waals surface area contributed by atoms with Gasteiger partial charge < -0.3 is 20.9 Å². The molecule has 1 saturated carbocycles. The Hall–Kier alpha value is -2.62. The monoisotopic (exact) mass is 431 g/mol. The number of carbonyl (C=O) groups excluding carboxylic acids is 3. The number of fused-ring (bicyclic) bond motifs is 1. The first kappa shape index (κ1) is 21.6. The molecule has 170 valence electrons. The molecule has 3 N–H and O–H groups in total. The minimum atomic E-state index is -0.419. The molecule has 0 bridgehead atoms. The van der Waals surface area contributed by atoms with Gasteiger partial charge in [0.15, 0.2) is 0 Å². The Morgan fingerprint density at radius 3 is 2.68 bits per heavy atom. The molecule has 1 aliphatic carbocycles. The van der Waals surface area contributed by atoms with Gasteiger partial charge in [0.1, 0.15) is 6.04 Å². The second-order valence-corrected chi connectivity index (χ2v) is 9.26. The maximum absolute atomic E-state index is 13.4. The van der Waals surface area contributed by atoms with Crippen molar-refractivity contribution in [1.29, 1.82) is 0 Å². The Kier molecular flexibility index (Phi) is 6.17. The lowest BCUT2D eigenvalue weighted by Crippen LogP contribution is -2.62. The summed E-state index contributed by atoms with van der Waals surface area (Å²) >= 11 is 0. The van der Waals surface area contributed by atoms with Gasteiger partial charge in [0.05, 0.1) is 11.7 Å². The van der Waals surface area contributed by atoms with Gasteiger partial charge >= 0.3 is 6.03 Å². The third-order valence-corrected chi connectivity index (χ3v) is 6.33. The lowest BCUT2D eigenvalue weighted by Gasteiger charge is -2.42. The average molecular weight is 432 g/mol. The topological polar surface area (TPSA) is 112 Å². The van der Waals surface area contributed by atoms with Crippen LogP contribution in [0.15, 0.2) is 12.3 Å². The van der Waals surface area contributed by atoms with Gasteiger partial charge in [-0.05, 0) is 39.2 Å². The maximum atomic E-state index is 13.4. The molecule has 0 aromatic carbocycles. The zero-order valence-corrected chi connectivity index (χ0v) is 18.5. The van der Waals surface area contributed by atoms with Crippen LogP contribution in [0.2, 0.25) is 0 Å². The molecule has 3 heterocycles. The summed E-state index contributed by atoms with van der Waals surface area (Å²) < 4.78 is 1.81. The van der Waals surface area contributed by atoms with Crippen molar-refractivity contribution in [2.75, 3.05) is 19.6 Å². The van der Waals surface area contributed by atoms with Crippen molar-refractivity contribution < 1.29 is 14.4 Å². The summed E-state index contributed by atoms with van der Waals surface area (Å²) in [5.74, 6) is 0.168. The predicted molar refractivity (Wildman–Crippen MR) is 114 cm³/mol. The van der Waals surface area contributed by atoms with E-state index in [1.54, 1.807) is 6.20 Å². The summed E-state index contributed by atoms with van der Waals surface area (Å²) in [4.78, 5) is 41.8. The average Bonchev–Trinajstić information content (AvgIpc) is 3.36. The number of carbonyl (C=O) groups is 3. The Morgan fingerprint density at radius 1 is 1.26 bits per heavy atom. The van der Waals surface area contributed by atoms with E-state index in [2.05, 4.69) is 25.9 Å². The van der Waals surface area contributed by atoms with Gasteiger partial charge in [-0.1, -0.05) is 0 Å². The number of amides is 4. The standard InChI is InChI=1S/C21H33N7O3/c1-13(2)24-21(31)25-15-8-17-12-27(11-16-6-7-23-26(16)3)18(20(30)28(17)10-15)9-22-19(29)14-4-5-14/h6-7,13-15,17-18H,4-5,8-12H2,1-3H3,(H,22,29)(H2,24,25,31)/t15-,17-,18-/m0/s1. The fourth-order valence-corrected chi connectivity index (χ4v) is 4.54. The molecule has 3 atom stereocenters. The van der Waals surface area contributed by atoms with E-state index in [1.807, 2.05) is 36.5 Å². The number of rotatable bonds is 7. The highest BCUT2D eigenvalue weighted by molar-refractivity contribution is 5.86. The van der Waals surface area contributed by atoms with Crippen LogP contribution in [0, 0.1) is 5.92 Å². The minimum absolute atomic E-state index is 0.0167. The molecule has 0 unspecified atom stereocenters. The van der Waals surface area contributed by atoms with Crippen molar-refractivity contribution >= 4 is 17.8 Å². The van der Waals surface area contributed by atoms with Crippen molar-refractivity contribution in [3.05, 3.63) is 18.0 Å². The number of nitrogens with one attached hydrogen (secondary N) is 3. The van der Waals surface area contributed by atoms with Gasteiger partial charge in [0, 0.05) is 57.4 Å². The third kappa shape index (κ3) is 5.00. The normalized spacial score (nSPS) is 26.1. The van der Waals surface area contributed by atoms with Gasteiger partial charge in [0.25, 0.3) is 0 Å². The Morgan fingerprint density at radius 2 is 2.03 bits per heavy atom. The van der Waals surface area contributed by atoms with Gasteiger partial charge in [0.2, 0.25) is 11.8 Å². The highest BCUT2D eigenvalue weighted by Gasteiger charge is 2.46. The fourth-order valence-electron chi connectivity index (χ4n) is 4.54. The summed E-state index contributed by atoms with van der Waals surface area (Å²) in [6.07, 6.45) is 4.34. The molecular formula is C21H33N7O3. The quantitative estimate of drug-likeness (QED) is 0.554. The minimum Gasteiger partial charge on any atom is -0.354 e. The predicted octanol–water partition coefficient (Wildman–Crippen LogP) is -0.192. The largest absolute Gasteiger partial charge is 0.354 e. The molecule has 31 heavy (non-hydrogen) atoms. The fraction of sp³-hybridized carbons (Fsp3) is 0.714. The number of nitrogens with zero attached hydrogens (tertiary/aromatic N) is 4. The number of hydrogen-bond acceptors (Lipinski definition) is 5. The zero-order chi connectivity index (χ0) is 22.1. The van der Waals surface area contributed by atoms with E-state index in [9.17, 15) is 14.4 Å². The number of aromatic nitrogens is 2. The number of hydrogen-bond donors (Lipinski definition) is 3. The first-order valence-electron chi connectivity index (χ1n) is 11.2. The van der Waals surface area contributed by atoms with Gasteiger partial charge in [-0.3, -0.25) is 19.2 Å². The van der Waals surface area contributed by atoms with E-state index in [0.717, 1.165) is 25.0 Å². The van der Waals surface area contributed by atoms with E-state index < -0.39 is 6.04 Å². The van der Waals surface area contributed by atoms with Crippen LogP contribution in [0.25, 0.3) is 0 Å². The van der Waals surface area contributed by atoms with Crippen molar-refractivity contribution in [3.63, 3.8) is 0 Å². The van der Waals surface area contributed by atoms with Crippen LogP contribution < -0.4 is 16.0 Å². The van der Waals surface area contributed by atoms with Gasteiger partial charge in [-0.25, -0.2) is 4.79 Å². The number of piperazine rings is 1. The van der Waals surface area contributed by atoms with Crippen LogP contribution in [0.1, 0.15) is 38.8 Å². The second-order valence-electron chi connectivity index (χ2n) is 9.26. The molecule has 2 saturated heterocycles. The van der Waals surface area contributed by atoms with Crippen LogP contribution in [0.4, 0.5) is 4.79 Å². The third-order valence-electron chi connectivity index (χ3n) is 6.33. The highest BCUT2D eigenvalue weighted by atomic mass is 16.2. The van der Waals surface area contributed by atoms with Crippen molar-refractivity contribution in [2.45, 2.75) is 63.8 Å². The van der Waals surface area contributed by atoms with E-state index in [4.69, 9.17) is 0 Å². The van der Waals surface area contributed by atoms with Crippen LogP contribution in [0.3, 0.4) is 0 Å². The lowest BCUT2D eigenvalue weighted by molar-refractivity contribution is -0.144. The molecule has 1 aromatic heterocycles. The van der Waals surface area contributed by atoms with Crippen molar-refractivity contribution in [1.82, 2.24) is 35.5 Å². The Bertz CT molecular complexity index is 835. The summed E-state index contributed by atoms with van der Waals surface area (Å²) in [5, 5.41) is 13.1. The van der Waals surface area contributed by atoms with Crippen LogP contribution in [0.5, 0.6) is 0 Å². The first-order chi connectivity index (χ1) is 14.8. The van der Waals surface area contributed by atoms with Crippen LogP contribution in [-0.2, 0) is 23.2 Å². The Balaban J connectivity index is 1.45. The van der Waals surface area contributed by atoms with Gasteiger partial charge in [-0.15, -0.1) is 0 Å². The zero-order valence-electron chi connectivity index (χ0n) is 18.5. The van der Waals surface area contributed by atoms with Crippen molar-refractivity contribution in [2.24, 2.45) is 13.0 Å². The molecule has 10 heteroatoms. The molecule has 4 amide bonds. The summed E-state index contributed by atoms with van der Waals surface area (Å²) in [6.45, 7) is 5.92. The molecule has 10 nitrogen and oxygen atoms in total. The highest BCUT2D eigenvalue weighted by Crippen LogP contribution is 2.30. The van der Waals surface area contributed by atoms with E-state index in [0.29, 0.717) is 26.2 Å². The smallest absolute Gasteiger partial charge is 0.315 e. The van der Waals surface area contributed by atoms with E-state index in [-0.39, 0.29) is 41.9 Å². The lowest BCUT2D eigenvalue weighted by atomic mass is 10.0. The summed E-state index contributed by atoms with van der Waals surface area (Å²) in [7, 11) is 1.89. The van der Waals surface area contributed by atoms with Crippen molar-refractivity contribution in [3.8, 4) is 0 Å². The summed E-state index contributed by atoms with van der Waals surface area (Å²) in [6, 6.07) is 1.35. The molecule has 4 rings (SSSR count). The number of urea groups is 1. The van der Waals surface area contributed by atoms with Crippen LogP contribution >= 0.6 is 0 Å². The Labute approximate surface area is 182 Å². The second kappa shape index (κ2) is 8.86. The molecular weight excluding hydrogens is 398 g/mol. The number of aryl methyl sites for hydroxylation is 1. The molecule has 2 aliphatic heterocycles. The summed E-state index contributed by atoms with van der Waals surface area (Å²) in [5.41, 5.74) is 1.02. The van der Waals surface area contributed by atoms with E-state index in [1.165, 1.54) is 0 Å². The van der Waals surface area contributed by atoms with E-state index >= 15 is 0 Å². The molecule has 3 aliphatic rings. The first-order valence-corrected chi connectivity index (χ1v) is 11.2.